The molecule has 1 aromatic rings. The Bertz CT molecular complexity index is 656. The first-order chi connectivity index (χ1) is 10.5. The van der Waals surface area contributed by atoms with Gasteiger partial charge in [-0.05, 0) is 33.3 Å². The van der Waals surface area contributed by atoms with Gasteiger partial charge in [0.1, 0.15) is 0 Å². The highest BCUT2D eigenvalue weighted by Crippen LogP contribution is 2.30. The lowest BCUT2D eigenvalue weighted by atomic mass is 9.90. The fraction of sp³-hybridized carbons (Fsp3) is 0.571. The van der Waals surface area contributed by atoms with E-state index in [1.807, 2.05) is 0 Å². The molecule has 1 saturated heterocycles. The van der Waals surface area contributed by atoms with Gasteiger partial charge in [-0.25, -0.2) is 9.59 Å². The zero-order valence-corrected chi connectivity index (χ0v) is 13.8. The lowest BCUT2D eigenvalue weighted by Crippen LogP contribution is -2.59. The van der Waals surface area contributed by atoms with Gasteiger partial charge in [0.25, 0.3) is 5.91 Å². The van der Waals surface area contributed by atoms with Gasteiger partial charge >= 0.3 is 12.1 Å². The van der Waals surface area contributed by atoms with E-state index in [1.165, 1.54) is 4.68 Å². The predicted octanol–water partition coefficient (Wildman–Crippen LogP) is 0.542. The summed E-state index contributed by atoms with van der Waals surface area (Å²) < 4.78 is 1.48. The minimum atomic E-state index is -1.52. The van der Waals surface area contributed by atoms with Gasteiger partial charge in [0.15, 0.2) is 5.54 Å². The summed E-state index contributed by atoms with van der Waals surface area (Å²) in [6, 6.07) is -0.658. The van der Waals surface area contributed by atoms with Crippen LogP contribution in [0.3, 0.4) is 0 Å². The number of rotatable bonds is 3. The van der Waals surface area contributed by atoms with Gasteiger partial charge in [-0.15, -0.1) is 0 Å². The maximum Gasteiger partial charge on any atom is 0.407 e. The second-order valence-corrected chi connectivity index (χ2v) is 6.65. The van der Waals surface area contributed by atoms with Crippen molar-refractivity contribution in [3.05, 3.63) is 17.5 Å². The van der Waals surface area contributed by atoms with Gasteiger partial charge in [0.05, 0.1) is 18.4 Å². The van der Waals surface area contributed by atoms with Crippen LogP contribution in [-0.4, -0.2) is 49.9 Å². The molecule has 23 heavy (non-hydrogen) atoms. The predicted molar refractivity (Wildman–Crippen MR) is 80.8 cm³/mol. The molecule has 2 heterocycles. The SMILES string of the molecule is Cc1cnn(C)c1[C@@]1(CN(C(=O)O)C(C)(C)C)NC(=O)NC1=O. The molecule has 1 aromatic heterocycles. The van der Waals surface area contributed by atoms with E-state index in [0.717, 1.165) is 4.90 Å². The smallest absolute Gasteiger partial charge is 0.407 e. The number of aryl methyl sites for hydroxylation is 2. The third-order valence-corrected chi connectivity index (χ3v) is 3.90. The minimum Gasteiger partial charge on any atom is -0.465 e. The summed E-state index contributed by atoms with van der Waals surface area (Å²) in [5.74, 6) is -0.593. The molecule has 9 nitrogen and oxygen atoms in total. The van der Waals surface area contributed by atoms with Crippen molar-refractivity contribution in [3.8, 4) is 0 Å². The summed E-state index contributed by atoms with van der Waals surface area (Å²) in [5, 5.41) is 18.4. The first-order valence-electron chi connectivity index (χ1n) is 7.12. The summed E-state index contributed by atoms with van der Waals surface area (Å²) in [7, 11) is 1.64. The number of amides is 4. The van der Waals surface area contributed by atoms with Crippen molar-refractivity contribution >= 4 is 18.0 Å². The highest BCUT2D eigenvalue weighted by atomic mass is 16.4. The molecule has 2 rings (SSSR count). The van der Waals surface area contributed by atoms with E-state index in [9.17, 15) is 19.5 Å². The lowest BCUT2D eigenvalue weighted by molar-refractivity contribution is -0.125. The highest BCUT2D eigenvalue weighted by Gasteiger charge is 2.53. The number of nitrogens with one attached hydrogen (secondary N) is 2. The van der Waals surface area contributed by atoms with Crippen molar-refractivity contribution in [2.45, 2.75) is 38.8 Å². The average molecular weight is 323 g/mol. The zero-order chi connectivity index (χ0) is 17.6. The van der Waals surface area contributed by atoms with Gasteiger partial charge < -0.3 is 15.3 Å². The first kappa shape index (κ1) is 16.8. The van der Waals surface area contributed by atoms with Crippen LogP contribution in [0.15, 0.2) is 6.20 Å². The van der Waals surface area contributed by atoms with Crippen LogP contribution in [-0.2, 0) is 17.4 Å². The van der Waals surface area contributed by atoms with Gasteiger partial charge in [-0.2, -0.15) is 5.10 Å². The van der Waals surface area contributed by atoms with Crippen LogP contribution >= 0.6 is 0 Å². The van der Waals surface area contributed by atoms with Gasteiger partial charge in [0.2, 0.25) is 0 Å². The van der Waals surface area contributed by atoms with Gasteiger partial charge in [0, 0.05) is 12.6 Å². The number of carboxylic acid groups (broad SMARTS) is 1. The van der Waals surface area contributed by atoms with Crippen molar-refractivity contribution in [1.82, 2.24) is 25.3 Å². The fourth-order valence-electron chi connectivity index (χ4n) is 2.83. The number of aromatic nitrogens is 2. The molecule has 9 heteroatoms. The van der Waals surface area contributed by atoms with Crippen LogP contribution in [0, 0.1) is 6.92 Å². The van der Waals surface area contributed by atoms with E-state index in [4.69, 9.17) is 0 Å². The number of urea groups is 1. The number of imide groups is 1. The van der Waals surface area contributed by atoms with Crippen molar-refractivity contribution in [2.75, 3.05) is 6.54 Å². The maximum absolute atomic E-state index is 12.5. The van der Waals surface area contributed by atoms with E-state index in [-0.39, 0.29) is 6.54 Å². The molecule has 0 spiro atoms. The maximum atomic E-state index is 12.5. The molecule has 126 valence electrons. The molecular weight excluding hydrogens is 302 g/mol. The van der Waals surface area contributed by atoms with Crippen molar-refractivity contribution in [3.63, 3.8) is 0 Å². The van der Waals surface area contributed by atoms with Gasteiger partial charge in [-0.1, -0.05) is 0 Å². The molecule has 0 radical (unpaired) electrons. The summed E-state index contributed by atoms with van der Waals surface area (Å²) in [6.45, 7) is 6.70. The Labute approximate surface area is 133 Å². The topological polar surface area (TPSA) is 117 Å². The van der Waals surface area contributed by atoms with E-state index < -0.39 is 29.1 Å². The van der Waals surface area contributed by atoms with E-state index in [2.05, 4.69) is 15.7 Å². The first-order valence-corrected chi connectivity index (χ1v) is 7.12. The number of hydrogen-bond donors (Lipinski definition) is 3. The second-order valence-electron chi connectivity index (χ2n) is 6.65. The van der Waals surface area contributed by atoms with Crippen LogP contribution in [0.25, 0.3) is 0 Å². The van der Waals surface area contributed by atoms with Crippen LogP contribution in [0.5, 0.6) is 0 Å². The average Bonchev–Trinajstić information content (AvgIpc) is 2.85. The molecule has 0 unspecified atom stereocenters. The van der Waals surface area contributed by atoms with E-state index in [1.54, 1.807) is 40.9 Å². The largest absolute Gasteiger partial charge is 0.465 e. The monoisotopic (exact) mass is 323 g/mol. The summed E-state index contributed by atoms with van der Waals surface area (Å²) in [6.07, 6.45) is 0.391. The highest BCUT2D eigenvalue weighted by molar-refractivity contribution is 6.07. The molecule has 4 amide bonds. The number of carbonyl (C=O) groups excluding carboxylic acids is 2. The second kappa shape index (κ2) is 5.25. The van der Waals surface area contributed by atoms with E-state index >= 15 is 0 Å². The zero-order valence-electron chi connectivity index (χ0n) is 13.8. The molecule has 0 aliphatic carbocycles. The van der Waals surface area contributed by atoms with Gasteiger partial charge in [-0.3, -0.25) is 14.8 Å². The molecule has 0 saturated carbocycles. The Hall–Kier alpha value is -2.58. The van der Waals surface area contributed by atoms with Crippen LogP contribution in [0.1, 0.15) is 32.0 Å². The third kappa shape index (κ3) is 2.73. The molecule has 1 aliphatic rings. The Morgan fingerprint density at radius 2 is 2.04 bits per heavy atom. The van der Waals surface area contributed by atoms with Crippen molar-refractivity contribution in [2.24, 2.45) is 7.05 Å². The van der Waals surface area contributed by atoms with Crippen LogP contribution in [0.4, 0.5) is 9.59 Å². The molecule has 0 aromatic carbocycles. The minimum absolute atomic E-state index is 0.218. The number of hydrogen-bond acceptors (Lipinski definition) is 4. The molecule has 1 aliphatic heterocycles. The van der Waals surface area contributed by atoms with Crippen LogP contribution < -0.4 is 10.6 Å². The van der Waals surface area contributed by atoms with Crippen molar-refractivity contribution < 1.29 is 19.5 Å². The summed E-state index contributed by atoms with van der Waals surface area (Å²) in [4.78, 5) is 37.1. The normalized spacial score (nSPS) is 21.1. The molecule has 0 bridgehead atoms. The standard InChI is InChI=1S/C14H21N5O4/c1-8-6-15-18(5)9(8)14(10(20)16-11(21)17-14)7-19(12(22)23)13(2,3)4/h6H,7H2,1-5H3,(H,22,23)(H2,16,17,20,21)/t14-/m1/s1. The summed E-state index contributed by atoms with van der Waals surface area (Å²) >= 11 is 0. The molecule has 1 fully saturated rings. The third-order valence-electron chi connectivity index (χ3n) is 3.90. The number of carbonyl (C=O) groups is 3. The Balaban J connectivity index is 2.59. The quantitative estimate of drug-likeness (QED) is 0.702. The van der Waals surface area contributed by atoms with Crippen molar-refractivity contribution in [1.29, 1.82) is 0 Å². The Morgan fingerprint density at radius 3 is 2.39 bits per heavy atom. The Morgan fingerprint density at radius 1 is 1.43 bits per heavy atom. The molecule has 1 atom stereocenters. The van der Waals surface area contributed by atoms with E-state index in [0.29, 0.717) is 11.3 Å². The molecule has 3 N–H and O–H groups in total. The molecular formula is C14H21N5O4. The van der Waals surface area contributed by atoms with Crippen LogP contribution in [0.2, 0.25) is 0 Å². The number of nitrogens with zero attached hydrogens (tertiary/aromatic N) is 3. The lowest BCUT2D eigenvalue weighted by Gasteiger charge is -2.39. The fourth-order valence-corrected chi connectivity index (χ4v) is 2.83. The summed E-state index contributed by atoms with van der Waals surface area (Å²) in [5.41, 5.74) is -1.13. The Kier molecular flexibility index (Phi) is 3.83.